The number of rotatable bonds is 6. The molecule has 3 aromatic rings. The lowest BCUT2D eigenvalue weighted by atomic mass is 9.55. The minimum atomic E-state index is -3.18. The summed E-state index contributed by atoms with van der Waals surface area (Å²) < 4.78 is 69.9. The largest absolute Gasteiger partial charge is 0.440 e. The molecule has 1 amide bonds. The SMILES string of the molecule is N#CC1(C2(C(N)=O)CC(F)(F)CCC2c2oc(-c3ccc(F)cc3)nc2-c2ccc(N3CCS(O)(O)CC3)cc2)CC1. The van der Waals surface area contributed by atoms with E-state index in [1.807, 2.05) is 17.0 Å². The lowest BCUT2D eigenvalue weighted by molar-refractivity contribution is -0.153. The van der Waals surface area contributed by atoms with Crippen molar-refractivity contribution in [2.75, 3.05) is 29.5 Å². The second kappa shape index (κ2) is 10.0. The predicted molar refractivity (Wildman–Crippen MR) is 153 cm³/mol. The molecule has 0 radical (unpaired) electrons. The molecule has 3 aliphatic rings. The van der Waals surface area contributed by atoms with Gasteiger partial charge in [0.05, 0.1) is 28.4 Å². The number of benzene rings is 2. The molecule has 12 heteroatoms. The van der Waals surface area contributed by atoms with E-state index in [-0.39, 0.29) is 42.4 Å². The minimum absolute atomic E-state index is 0.128. The Morgan fingerprint density at radius 2 is 1.67 bits per heavy atom. The molecule has 2 saturated carbocycles. The number of anilines is 1. The molecule has 42 heavy (non-hydrogen) atoms. The van der Waals surface area contributed by atoms with Crippen molar-refractivity contribution < 1.29 is 31.5 Å². The van der Waals surface area contributed by atoms with Crippen LogP contribution in [0.3, 0.4) is 0 Å². The highest BCUT2D eigenvalue weighted by atomic mass is 32.3. The van der Waals surface area contributed by atoms with Gasteiger partial charge in [0.1, 0.15) is 17.3 Å². The molecule has 2 aliphatic carbocycles. The van der Waals surface area contributed by atoms with Crippen LogP contribution in [0.2, 0.25) is 0 Å². The molecule has 4 N–H and O–H groups in total. The molecule has 1 saturated heterocycles. The Morgan fingerprint density at radius 3 is 2.24 bits per heavy atom. The van der Waals surface area contributed by atoms with Gasteiger partial charge in [0, 0.05) is 48.7 Å². The zero-order valence-electron chi connectivity index (χ0n) is 22.7. The number of nitrogens with two attached hydrogens (primary N) is 1. The van der Waals surface area contributed by atoms with Crippen LogP contribution in [0.25, 0.3) is 22.7 Å². The van der Waals surface area contributed by atoms with Gasteiger partial charge in [-0.3, -0.25) is 13.9 Å². The first-order valence-corrected chi connectivity index (χ1v) is 15.7. The van der Waals surface area contributed by atoms with Crippen molar-refractivity contribution in [3.8, 4) is 28.8 Å². The van der Waals surface area contributed by atoms with Crippen molar-refractivity contribution in [1.29, 1.82) is 5.26 Å². The third-order valence-corrected chi connectivity index (χ3v) is 10.8. The van der Waals surface area contributed by atoms with E-state index in [1.54, 1.807) is 12.1 Å². The van der Waals surface area contributed by atoms with E-state index >= 15 is 8.78 Å². The number of oxazole rings is 1. The maximum Gasteiger partial charge on any atom is 0.249 e. The number of carbonyl (C=O) groups excluding carboxylic acids is 1. The minimum Gasteiger partial charge on any atom is -0.440 e. The Labute approximate surface area is 242 Å². The normalized spacial score (nSPS) is 26.7. The molecule has 0 spiro atoms. The highest BCUT2D eigenvalue weighted by Gasteiger charge is 2.71. The van der Waals surface area contributed by atoms with Crippen LogP contribution in [0.15, 0.2) is 52.9 Å². The molecular weight excluding hydrogens is 569 g/mol. The summed E-state index contributed by atoms with van der Waals surface area (Å²) in [4.78, 5) is 20.0. The first kappa shape index (κ1) is 28.6. The maximum atomic E-state index is 15.0. The van der Waals surface area contributed by atoms with Crippen LogP contribution in [0.5, 0.6) is 0 Å². The summed E-state index contributed by atoms with van der Waals surface area (Å²) >= 11 is 0. The highest BCUT2D eigenvalue weighted by molar-refractivity contribution is 8.24. The van der Waals surface area contributed by atoms with Gasteiger partial charge in [-0.25, -0.2) is 18.2 Å². The monoisotopic (exact) mass is 600 g/mol. The topological polar surface area (TPSA) is 137 Å². The van der Waals surface area contributed by atoms with Gasteiger partial charge < -0.3 is 15.1 Å². The van der Waals surface area contributed by atoms with Gasteiger partial charge in [-0.15, -0.1) is 0 Å². The van der Waals surface area contributed by atoms with Crippen molar-refractivity contribution >= 4 is 22.2 Å². The first-order valence-electron chi connectivity index (χ1n) is 13.8. The number of amides is 1. The Kier molecular flexibility index (Phi) is 6.83. The Hall–Kier alpha value is -3.53. The molecule has 2 unspecified atom stereocenters. The number of nitrogens with zero attached hydrogens (tertiary/aromatic N) is 3. The lowest BCUT2D eigenvalue weighted by Gasteiger charge is -2.46. The van der Waals surface area contributed by atoms with E-state index in [4.69, 9.17) is 15.1 Å². The molecular formula is C30H31F3N4O4S. The second-order valence-electron chi connectivity index (χ2n) is 11.6. The van der Waals surface area contributed by atoms with Crippen molar-refractivity contribution in [2.45, 2.75) is 43.9 Å². The van der Waals surface area contributed by atoms with Crippen molar-refractivity contribution in [3.05, 3.63) is 60.1 Å². The Morgan fingerprint density at radius 1 is 1.05 bits per heavy atom. The number of nitriles is 1. The number of hydrogen-bond acceptors (Lipinski definition) is 7. The van der Waals surface area contributed by atoms with E-state index in [9.17, 15) is 23.6 Å². The summed E-state index contributed by atoms with van der Waals surface area (Å²) in [5.41, 5.74) is 4.99. The fourth-order valence-corrected chi connectivity index (χ4v) is 7.89. The number of primary amides is 1. The fourth-order valence-electron chi connectivity index (χ4n) is 6.66. The van der Waals surface area contributed by atoms with E-state index in [0.717, 1.165) is 5.69 Å². The number of alkyl halides is 2. The molecule has 2 atom stereocenters. The number of carbonyl (C=O) groups is 1. The zero-order valence-corrected chi connectivity index (χ0v) is 23.5. The zero-order chi connectivity index (χ0) is 29.9. The highest BCUT2D eigenvalue weighted by Crippen LogP contribution is 2.70. The molecule has 6 rings (SSSR count). The smallest absolute Gasteiger partial charge is 0.249 e. The summed E-state index contributed by atoms with van der Waals surface area (Å²) in [5.74, 6) is -4.63. The van der Waals surface area contributed by atoms with Gasteiger partial charge in [-0.1, -0.05) is 12.1 Å². The average Bonchev–Trinajstić information content (AvgIpc) is 3.65. The quantitative estimate of drug-likeness (QED) is 0.298. The predicted octanol–water partition coefficient (Wildman–Crippen LogP) is 6.40. The standard InChI is InChI=1S/C30H31F3N4O4S/c31-21-5-1-20(2-6-21)26-36-24(19-3-7-22(8-4-19)37-13-15-42(39,40)16-14-37)25(41-26)23-9-10-29(32,33)17-30(23,27(35)38)28(18-34)11-12-28/h1-8,23,39-40H,9-17H2,(H2,35,38). The summed E-state index contributed by atoms with van der Waals surface area (Å²) in [5, 5.41) is 10.1. The molecule has 0 bridgehead atoms. The Balaban J connectivity index is 1.46. The molecule has 222 valence electrons. The molecule has 1 aromatic heterocycles. The lowest BCUT2D eigenvalue weighted by Crippen LogP contribution is -2.54. The number of halogens is 3. The maximum absolute atomic E-state index is 15.0. The summed E-state index contributed by atoms with van der Waals surface area (Å²) in [6.07, 6.45) is -0.937. The first-order chi connectivity index (χ1) is 19.9. The van der Waals surface area contributed by atoms with Gasteiger partial charge in [0.15, 0.2) is 0 Å². The van der Waals surface area contributed by atoms with E-state index in [1.165, 1.54) is 24.3 Å². The molecule has 3 fully saturated rings. The fraction of sp³-hybridized carbons (Fsp3) is 0.433. The number of hydrogen-bond donors (Lipinski definition) is 3. The van der Waals surface area contributed by atoms with Gasteiger partial charge in [-0.05, 0) is 55.7 Å². The van der Waals surface area contributed by atoms with Crippen LogP contribution in [-0.2, 0) is 4.79 Å². The van der Waals surface area contributed by atoms with Crippen LogP contribution in [0.4, 0.5) is 18.9 Å². The second-order valence-corrected chi connectivity index (χ2v) is 14.1. The van der Waals surface area contributed by atoms with Crippen LogP contribution < -0.4 is 10.6 Å². The molecule has 2 aromatic carbocycles. The summed E-state index contributed by atoms with van der Waals surface area (Å²) in [7, 11) is -2.56. The van der Waals surface area contributed by atoms with Crippen molar-refractivity contribution in [2.24, 2.45) is 16.6 Å². The van der Waals surface area contributed by atoms with E-state index < -0.39 is 57.8 Å². The van der Waals surface area contributed by atoms with Gasteiger partial charge >= 0.3 is 0 Å². The summed E-state index contributed by atoms with van der Waals surface area (Å²) in [6, 6.07) is 15.0. The molecule has 1 aliphatic heterocycles. The average molecular weight is 601 g/mol. The van der Waals surface area contributed by atoms with E-state index in [2.05, 4.69) is 6.07 Å². The van der Waals surface area contributed by atoms with Crippen molar-refractivity contribution in [3.63, 3.8) is 0 Å². The van der Waals surface area contributed by atoms with Gasteiger partial charge in [-0.2, -0.15) is 15.9 Å². The molecule has 2 heterocycles. The van der Waals surface area contributed by atoms with Crippen LogP contribution >= 0.6 is 10.6 Å². The van der Waals surface area contributed by atoms with Gasteiger partial charge in [0.25, 0.3) is 0 Å². The van der Waals surface area contributed by atoms with Crippen LogP contribution in [-0.4, -0.2) is 50.5 Å². The van der Waals surface area contributed by atoms with Gasteiger partial charge in [0.2, 0.25) is 17.7 Å². The third kappa shape index (κ3) is 4.83. The third-order valence-electron chi connectivity index (χ3n) is 9.13. The Bertz CT molecular complexity index is 1540. The van der Waals surface area contributed by atoms with Crippen molar-refractivity contribution in [1.82, 2.24) is 4.98 Å². The van der Waals surface area contributed by atoms with E-state index in [0.29, 0.717) is 29.9 Å². The summed E-state index contributed by atoms with van der Waals surface area (Å²) in [6.45, 7) is 0.971. The molecule has 8 nitrogen and oxygen atoms in total. The van der Waals surface area contributed by atoms with Crippen LogP contribution in [0.1, 0.15) is 43.8 Å². The number of aromatic nitrogens is 1. The van der Waals surface area contributed by atoms with Crippen LogP contribution in [0, 0.1) is 28.0 Å².